The van der Waals surface area contributed by atoms with Gasteiger partial charge in [0.15, 0.2) is 5.82 Å². The molecule has 0 radical (unpaired) electrons. The van der Waals surface area contributed by atoms with E-state index in [2.05, 4.69) is 15.5 Å². The Balaban J connectivity index is 1.79. The second kappa shape index (κ2) is 6.78. The normalized spacial score (nSPS) is 10.4. The van der Waals surface area contributed by atoms with Crippen LogP contribution in [-0.4, -0.2) is 32.6 Å². The van der Waals surface area contributed by atoms with E-state index in [0.29, 0.717) is 17.3 Å². The minimum absolute atomic E-state index is 0.216. The second-order valence-corrected chi connectivity index (χ2v) is 4.89. The number of amides is 1. The van der Waals surface area contributed by atoms with Crippen molar-refractivity contribution >= 4 is 11.6 Å². The molecular formula is C16H15N5O3. The number of hydrogen-bond donors (Lipinski definition) is 1. The Bertz CT molecular complexity index is 902. The molecule has 0 saturated heterocycles. The maximum atomic E-state index is 12.2. The molecule has 8 nitrogen and oxygen atoms in total. The Labute approximate surface area is 137 Å². The van der Waals surface area contributed by atoms with Gasteiger partial charge < -0.3 is 10.1 Å². The first-order valence-corrected chi connectivity index (χ1v) is 7.18. The standard InChI is InChI=1S/C16H15N5O3/c1-24-13-6-3-2-5-12(13)18-15(22)11-21-16(23)8-7-14(19-21)20-10-4-9-17-20/h2-10H,11H2,1H3,(H,18,22). The summed E-state index contributed by atoms with van der Waals surface area (Å²) >= 11 is 0. The van der Waals surface area contributed by atoms with E-state index in [0.717, 1.165) is 4.68 Å². The quantitative estimate of drug-likeness (QED) is 0.758. The first-order chi connectivity index (χ1) is 11.7. The minimum atomic E-state index is -0.383. The summed E-state index contributed by atoms with van der Waals surface area (Å²) in [7, 11) is 1.52. The van der Waals surface area contributed by atoms with Crippen LogP contribution in [0.2, 0.25) is 0 Å². The number of para-hydroxylation sites is 2. The fourth-order valence-corrected chi connectivity index (χ4v) is 2.15. The molecule has 2 heterocycles. The average Bonchev–Trinajstić information content (AvgIpc) is 3.12. The summed E-state index contributed by atoms with van der Waals surface area (Å²) in [5.74, 6) is 0.604. The monoisotopic (exact) mass is 325 g/mol. The molecule has 0 aliphatic heterocycles. The van der Waals surface area contributed by atoms with Gasteiger partial charge >= 0.3 is 0 Å². The number of anilines is 1. The number of rotatable bonds is 5. The molecule has 0 bridgehead atoms. The van der Waals surface area contributed by atoms with Crippen LogP contribution in [0.4, 0.5) is 5.69 Å². The molecule has 0 spiro atoms. The number of carbonyl (C=O) groups is 1. The third kappa shape index (κ3) is 3.32. The molecule has 0 aliphatic carbocycles. The van der Waals surface area contributed by atoms with Crippen molar-refractivity contribution in [3.63, 3.8) is 0 Å². The SMILES string of the molecule is COc1ccccc1NC(=O)Cn1nc(-n2cccn2)ccc1=O. The Morgan fingerprint density at radius 2 is 2.04 bits per heavy atom. The predicted octanol–water partition coefficient (Wildman–Crippen LogP) is 1.08. The van der Waals surface area contributed by atoms with Gasteiger partial charge in [-0.05, 0) is 24.3 Å². The van der Waals surface area contributed by atoms with Crippen LogP contribution < -0.4 is 15.6 Å². The van der Waals surface area contributed by atoms with Crippen molar-refractivity contribution in [2.75, 3.05) is 12.4 Å². The topological polar surface area (TPSA) is 91.0 Å². The van der Waals surface area contributed by atoms with Crippen molar-refractivity contribution in [3.8, 4) is 11.6 Å². The molecule has 0 atom stereocenters. The number of nitrogens with zero attached hydrogens (tertiary/aromatic N) is 4. The highest BCUT2D eigenvalue weighted by Crippen LogP contribution is 2.22. The van der Waals surface area contributed by atoms with E-state index in [1.54, 1.807) is 48.8 Å². The summed E-state index contributed by atoms with van der Waals surface area (Å²) in [5.41, 5.74) is 0.155. The van der Waals surface area contributed by atoms with Crippen molar-refractivity contribution in [2.24, 2.45) is 0 Å². The number of aromatic nitrogens is 4. The second-order valence-electron chi connectivity index (χ2n) is 4.89. The van der Waals surface area contributed by atoms with Gasteiger partial charge in [-0.25, -0.2) is 9.36 Å². The lowest BCUT2D eigenvalue weighted by atomic mass is 10.3. The third-order valence-electron chi connectivity index (χ3n) is 3.27. The first kappa shape index (κ1) is 15.5. The number of carbonyl (C=O) groups excluding carboxylic acids is 1. The van der Waals surface area contributed by atoms with E-state index in [-0.39, 0.29) is 18.0 Å². The molecule has 24 heavy (non-hydrogen) atoms. The van der Waals surface area contributed by atoms with Crippen LogP contribution >= 0.6 is 0 Å². The van der Waals surface area contributed by atoms with Gasteiger partial charge in [-0.3, -0.25) is 9.59 Å². The maximum Gasteiger partial charge on any atom is 0.267 e. The highest BCUT2D eigenvalue weighted by Gasteiger charge is 2.10. The van der Waals surface area contributed by atoms with Gasteiger partial charge in [0.1, 0.15) is 12.3 Å². The molecule has 0 fully saturated rings. The van der Waals surface area contributed by atoms with Crippen LogP contribution in [0.15, 0.2) is 59.7 Å². The van der Waals surface area contributed by atoms with Gasteiger partial charge in [0.25, 0.3) is 5.56 Å². The molecule has 0 aliphatic rings. The number of nitrogens with one attached hydrogen (secondary N) is 1. The lowest BCUT2D eigenvalue weighted by Crippen LogP contribution is -2.30. The van der Waals surface area contributed by atoms with Crippen LogP contribution in [0.25, 0.3) is 5.82 Å². The number of hydrogen-bond acceptors (Lipinski definition) is 5. The molecule has 3 rings (SSSR count). The van der Waals surface area contributed by atoms with E-state index in [4.69, 9.17) is 4.74 Å². The molecule has 0 unspecified atom stereocenters. The number of ether oxygens (including phenoxy) is 1. The van der Waals surface area contributed by atoms with Gasteiger partial charge in [-0.1, -0.05) is 12.1 Å². The molecule has 1 aromatic carbocycles. The largest absolute Gasteiger partial charge is 0.495 e. The highest BCUT2D eigenvalue weighted by atomic mass is 16.5. The number of methoxy groups -OCH3 is 1. The third-order valence-corrected chi connectivity index (χ3v) is 3.27. The molecule has 8 heteroatoms. The van der Waals surface area contributed by atoms with Gasteiger partial charge in [0, 0.05) is 18.5 Å². The smallest absolute Gasteiger partial charge is 0.267 e. The van der Waals surface area contributed by atoms with Crippen molar-refractivity contribution in [3.05, 3.63) is 65.2 Å². The molecule has 0 saturated carbocycles. The van der Waals surface area contributed by atoms with Crippen molar-refractivity contribution in [1.29, 1.82) is 0 Å². The fraction of sp³-hybridized carbons (Fsp3) is 0.125. The molecule has 1 amide bonds. The minimum Gasteiger partial charge on any atom is -0.495 e. The van der Waals surface area contributed by atoms with Crippen molar-refractivity contribution in [1.82, 2.24) is 19.6 Å². The molecular weight excluding hydrogens is 310 g/mol. The van der Waals surface area contributed by atoms with E-state index >= 15 is 0 Å². The summed E-state index contributed by atoms with van der Waals surface area (Å²) in [6.45, 7) is -0.216. The zero-order valence-corrected chi connectivity index (χ0v) is 12.9. The van der Waals surface area contributed by atoms with Gasteiger partial charge in [-0.15, -0.1) is 5.10 Å². The number of benzene rings is 1. The fourth-order valence-electron chi connectivity index (χ4n) is 2.15. The Morgan fingerprint density at radius 1 is 1.21 bits per heavy atom. The maximum absolute atomic E-state index is 12.2. The van der Waals surface area contributed by atoms with Crippen LogP contribution in [0.5, 0.6) is 5.75 Å². The molecule has 122 valence electrons. The lowest BCUT2D eigenvalue weighted by Gasteiger charge is -2.10. The average molecular weight is 325 g/mol. The van der Waals surface area contributed by atoms with Crippen molar-refractivity contribution < 1.29 is 9.53 Å². The highest BCUT2D eigenvalue weighted by molar-refractivity contribution is 5.92. The molecule has 3 aromatic rings. The molecule has 1 N–H and O–H groups in total. The van der Waals surface area contributed by atoms with Crippen LogP contribution in [0, 0.1) is 0 Å². The zero-order chi connectivity index (χ0) is 16.9. The van der Waals surface area contributed by atoms with E-state index in [9.17, 15) is 9.59 Å². The van der Waals surface area contributed by atoms with E-state index in [1.165, 1.54) is 17.9 Å². The van der Waals surface area contributed by atoms with Gasteiger partial charge in [-0.2, -0.15) is 5.10 Å². The Morgan fingerprint density at radius 3 is 2.79 bits per heavy atom. The molecule has 2 aromatic heterocycles. The van der Waals surface area contributed by atoms with Crippen molar-refractivity contribution in [2.45, 2.75) is 6.54 Å². The van der Waals surface area contributed by atoms with Crippen LogP contribution in [0.3, 0.4) is 0 Å². The van der Waals surface area contributed by atoms with E-state index < -0.39 is 0 Å². The van der Waals surface area contributed by atoms with Gasteiger partial charge in [0.2, 0.25) is 5.91 Å². The summed E-state index contributed by atoms with van der Waals surface area (Å²) in [4.78, 5) is 24.1. The summed E-state index contributed by atoms with van der Waals surface area (Å²) in [5, 5.41) is 10.9. The van der Waals surface area contributed by atoms with Crippen LogP contribution in [-0.2, 0) is 11.3 Å². The van der Waals surface area contributed by atoms with E-state index in [1.807, 2.05) is 0 Å². The van der Waals surface area contributed by atoms with Crippen LogP contribution in [0.1, 0.15) is 0 Å². The predicted molar refractivity (Wildman–Crippen MR) is 87.2 cm³/mol. The first-order valence-electron chi connectivity index (χ1n) is 7.18. The Hall–Kier alpha value is -3.42. The lowest BCUT2D eigenvalue weighted by molar-refractivity contribution is -0.117. The Kier molecular flexibility index (Phi) is 4.37. The summed E-state index contributed by atoms with van der Waals surface area (Å²) < 4.78 is 7.77. The summed E-state index contributed by atoms with van der Waals surface area (Å²) in [6.07, 6.45) is 3.30. The summed E-state index contributed by atoms with van der Waals surface area (Å²) in [6, 6.07) is 11.7. The van der Waals surface area contributed by atoms with Gasteiger partial charge in [0.05, 0.1) is 12.8 Å². The zero-order valence-electron chi connectivity index (χ0n) is 12.9.